The van der Waals surface area contributed by atoms with Gasteiger partial charge in [0.05, 0.1) is 0 Å². The van der Waals surface area contributed by atoms with Gasteiger partial charge in [-0.05, 0) is 26.3 Å². The van der Waals surface area contributed by atoms with Crippen LogP contribution >= 0.6 is 0 Å². The molecule has 2 atom stereocenters. The predicted octanol–water partition coefficient (Wildman–Crippen LogP) is 3.38. The number of rotatable bonds is 4. The van der Waals surface area contributed by atoms with Crippen LogP contribution in [0.4, 0.5) is 0 Å². The summed E-state index contributed by atoms with van der Waals surface area (Å²) in [6.45, 7) is 6.27. The van der Waals surface area contributed by atoms with Gasteiger partial charge in [-0.1, -0.05) is 65.8 Å². The maximum Gasteiger partial charge on any atom is 0.257 e. The molecule has 0 radical (unpaired) electrons. The molecule has 0 unspecified atom stereocenters. The third-order valence-electron chi connectivity index (χ3n) is 5.56. The standard InChI is InChI=1S/C23H25N3O3/c1-16-20(21(24-29-16)18-12-8-5-9-13-18)22(28)26-19(27)14-23(2,3)25(26)15-17-10-6-4-7-11-17/h4-13,16,20H,14-15H2,1-3H3/t16-,20-/m0/s1. The molecule has 1 fully saturated rings. The zero-order valence-corrected chi connectivity index (χ0v) is 16.9. The van der Waals surface area contributed by atoms with Gasteiger partial charge in [-0.2, -0.15) is 0 Å². The summed E-state index contributed by atoms with van der Waals surface area (Å²) in [5.74, 6) is -1.11. The van der Waals surface area contributed by atoms with Gasteiger partial charge in [0.15, 0.2) is 0 Å². The molecule has 0 aromatic heterocycles. The van der Waals surface area contributed by atoms with Crippen molar-refractivity contribution in [2.75, 3.05) is 0 Å². The van der Waals surface area contributed by atoms with Crippen LogP contribution in [0, 0.1) is 5.92 Å². The first-order valence-corrected chi connectivity index (χ1v) is 9.86. The van der Waals surface area contributed by atoms with Crippen LogP contribution in [0.5, 0.6) is 0 Å². The summed E-state index contributed by atoms with van der Waals surface area (Å²) >= 11 is 0. The van der Waals surface area contributed by atoms with E-state index in [2.05, 4.69) is 5.16 Å². The molecule has 150 valence electrons. The largest absolute Gasteiger partial charge is 0.391 e. The number of hydrogen-bond donors (Lipinski definition) is 0. The molecule has 0 bridgehead atoms. The van der Waals surface area contributed by atoms with E-state index in [1.165, 1.54) is 5.01 Å². The Morgan fingerprint density at radius 2 is 1.72 bits per heavy atom. The molecule has 2 heterocycles. The molecule has 0 N–H and O–H groups in total. The number of hydrazine groups is 1. The number of imide groups is 1. The summed E-state index contributed by atoms with van der Waals surface area (Å²) in [5.41, 5.74) is 1.98. The molecule has 0 saturated carbocycles. The number of nitrogens with zero attached hydrogens (tertiary/aromatic N) is 3. The molecule has 29 heavy (non-hydrogen) atoms. The van der Waals surface area contributed by atoms with E-state index in [9.17, 15) is 9.59 Å². The average Bonchev–Trinajstić information content (AvgIpc) is 3.19. The van der Waals surface area contributed by atoms with Gasteiger partial charge in [0, 0.05) is 24.1 Å². The Hall–Kier alpha value is -2.99. The van der Waals surface area contributed by atoms with Crippen molar-refractivity contribution in [1.82, 2.24) is 10.0 Å². The van der Waals surface area contributed by atoms with Gasteiger partial charge in [-0.25, -0.2) is 10.0 Å². The lowest BCUT2D eigenvalue weighted by molar-refractivity contribution is -0.164. The van der Waals surface area contributed by atoms with Crippen molar-refractivity contribution >= 4 is 17.5 Å². The average molecular weight is 391 g/mol. The van der Waals surface area contributed by atoms with E-state index in [-0.39, 0.29) is 18.2 Å². The zero-order valence-electron chi connectivity index (χ0n) is 16.9. The minimum absolute atomic E-state index is 0.192. The normalized spacial score (nSPS) is 23.8. The van der Waals surface area contributed by atoms with Crippen molar-refractivity contribution in [1.29, 1.82) is 0 Å². The molecule has 6 heteroatoms. The minimum atomic E-state index is -0.631. The molecule has 2 aromatic carbocycles. The summed E-state index contributed by atoms with van der Waals surface area (Å²) in [6.07, 6.45) is -0.154. The van der Waals surface area contributed by atoms with Crippen LogP contribution in [0.15, 0.2) is 65.8 Å². The Morgan fingerprint density at radius 3 is 2.38 bits per heavy atom. The first-order valence-electron chi connectivity index (χ1n) is 9.86. The molecule has 0 spiro atoms. The van der Waals surface area contributed by atoms with Gasteiger partial charge in [-0.3, -0.25) is 9.59 Å². The number of carbonyl (C=O) groups is 2. The first-order chi connectivity index (χ1) is 13.9. The fourth-order valence-corrected chi connectivity index (χ4v) is 4.00. The van der Waals surface area contributed by atoms with E-state index in [0.29, 0.717) is 12.3 Å². The fraction of sp³-hybridized carbons (Fsp3) is 0.348. The Bertz CT molecular complexity index is 940. The second kappa shape index (κ2) is 7.44. The van der Waals surface area contributed by atoms with Crippen LogP contribution < -0.4 is 0 Å². The number of benzene rings is 2. The summed E-state index contributed by atoms with van der Waals surface area (Å²) in [6, 6.07) is 19.4. The molecule has 2 amide bonds. The second-order valence-corrected chi connectivity index (χ2v) is 8.21. The lowest BCUT2D eigenvalue weighted by Crippen LogP contribution is -2.53. The summed E-state index contributed by atoms with van der Waals surface area (Å²) in [5, 5.41) is 7.37. The predicted molar refractivity (Wildman–Crippen MR) is 110 cm³/mol. The third kappa shape index (κ3) is 3.56. The molecule has 2 aliphatic rings. The fourth-order valence-electron chi connectivity index (χ4n) is 4.00. The van der Waals surface area contributed by atoms with Crippen molar-refractivity contribution in [3.8, 4) is 0 Å². The van der Waals surface area contributed by atoms with E-state index in [0.717, 1.165) is 11.1 Å². The molecule has 2 aromatic rings. The summed E-state index contributed by atoms with van der Waals surface area (Å²) in [7, 11) is 0. The third-order valence-corrected chi connectivity index (χ3v) is 5.56. The molecule has 2 aliphatic heterocycles. The Balaban J connectivity index is 1.66. The van der Waals surface area contributed by atoms with Crippen LogP contribution in [0.25, 0.3) is 0 Å². The van der Waals surface area contributed by atoms with Crippen molar-refractivity contribution in [2.45, 2.75) is 45.4 Å². The Morgan fingerprint density at radius 1 is 1.10 bits per heavy atom. The summed E-state index contributed by atoms with van der Waals surface area (Å²) < 4.78 is 0. The van der Waals surface area contributed by atoms with Crippen molar-refractivity contribution in [2.24, 2.45) is 11.1 Å². The topological polar surface area (TPSA) is 62.2 Å². The van der Waals surface area contributed by atoms with Crippen LogP contribution in [-0.4, -0.2) is 39.2 Å². The molecule has 1 saturated heterocycles. The van der Waals surface area contributed by atoms with Gasteiger partial charge < -0.3 is 4.84 Å². The van der Waals surface area contributed by atoms with Gasteiger partial charge in [-0.15, -0.1) is 0 Å². The van der Waals surface area contributed by atoms with E-state index in [4.69, 9.17) is 4.84 Å². The van der Waals surface area contributed by atoms with Crippen molar-refractivity contribution in [3.05, 3.63) is 71.8 Å². The maximum absolute atomic E-state index is 13.6. The molecule has 0 aliphatic carbocycles. The van der Waals surface area contributed by atoms with Gasteiger partial charge in [0.25, 0.3) is 5.91 Å². The highest BCUT2D eigenvalue weighted by molar-refractivity contribution is 6.16. The zero-order chi connectivity index (χ0) is 20.6. The number of oxime groups is 1. The SMILES string of the molecule is C[C@@H]1ON=C(c2ccccc2)[C@H]1C(=O)N1C(=O)CC(C)(C)N1Cc1ccccc1. The van der Waals surface area contributed by atoms with E-state index in [1.54, 1.807) is 0 Å². The molecular formula is C23H25N3O3. The van der Waals surface area contributed by atoms with Crippen molar-refractivity contribution < 1.29 is 14.4 Å². The molecule has 6 nitrogen and oxygen atoms in total. The smallest absolute Gasteiger partial charge is 0.257 e. The van der Waals surface area contributed by atoms with E-state index < -0.39 is 17.6 Å². The van der Waals surface area contributed by atoms with Crippen LogP contribution in [0.1, 0.15) is 38.3 Å². The lowest BCUT2D eigenvalue weighted by Gasteiger charge is -2.36. The highest BCUT2D eigenvalue weighted by Gasteiger charge is 2.51. The van der Waals surface area contributed by atoms with Gasteiger partial charge >= 0.3 is 0 Å². The van der Waals surface area contributed by atoms with Crippen molar-refractivity contribution in [3.63, 3.8) is 0 Å². The monoisotopic (exact) mass is 391 g/mol. The highest BCUT2D eigenvalue weighted by atomic mass is 16.6. The van der Waals surface area contributed by atoms with Gasteiger partial charge in [0.1, 0.15) is 17.7 Å². The van der Waals surface area contributed by atoms with Gasteiger partial charge in [0.2, 0.25) is 5.91 Å². The molecule has 4 rings (SSSR count). The number of carbonyl (C=O) groups excluding carboxylic acids is 2. The van der Waals surface area contributed by atoms with E-state index in [1.807, 2.05) is 86.4 Å². The Kier molecular flexibility index (Phi) is 4.96. The van der Waals surface area contributed by atoms with Crippen LogP contribution in [-0.2, 0) is 21.0 Å². The van der Waals surface area contributed by atoms with E-state index >= 15 is 0 Å². The lowest BCUT2D eigenvalue weighted by atomic mass is 9.92. The van der Waals surface area contributed by atoms with Crippen LogP contribution in [0.2, 0.25) is 0 Å². The maximum atomic E-state index is 13.6. The Labute approximate surface area is 170 Å². The summed E-state index contributed by atoms with van der Waals surface area (Å²) in [4.78, 5) is 32.0. The molecular weight excluding hydrogens is 366 g/mol. The van der Waals surface area contributed by atoms with Crippen LogP contribution in [0.3, 0.4) is 0 Å². The minimum Gasteiger partial charge on any atom is -0.391 e. The highest BCUT2D eigenvalue weighted by Crippen LogP contribution is 2.35. The number of amides is 2. The quantitative estimate of drug-likeness (QED) is 0.750. The number of hydrogen-bond acceptors (Lipinski definition) is 5. The second-order valence-electron chi connectivity index (χ2n) is 8.21. The first kappa shape index (κ1) is 19.3.